The third-order valence-electron chi connectivity index (χ3n) is 4.10. The van der Waals surface area contributed by atoms with Crippen molar-refractivity contribution in [1.29, 1.82) is 0 Å². The highest BCUT2D eigenvalue weighted by Crippen LogP contribution is 2.23. The number of methoxy groups -OCH3 is 2. The van der Waals surface area contributed by atoms with Crippen LogP contribution in [0.3, 0.4) is 0 Å². The summed E-state index contributed by atoms with van der Waals surface area (Å²) in [5.74, 6) is 0. The first-order valence-corrected chi connectivity index (χ1v) is 7.84. The van der Waals surface area contributed by atoms with E-state index in [2.05, 4.69) is 44.8 Å². The van der Waals surface area contributed by atoms with Crippen LogP contribution in [0.2, 0.25) is 0 Å². The van der Waals surface area contributed by atoms with E-state index in [4.69, 9.17) is 9.47 Å². The third-order valence-corrected chi connectivity index (χ3v) is 4.10. The van der Waals surface area contributed by atoms with Gasteiger partial charge in [-0.1, -0.05) is 20.8 Å². The SMILES string of the molecule is CCCNC(C)C(C)(C)CN(CCOC)C(C)COC. The Kier molecular flexibility index (Phi) is 10.5. The molecular formula is C16H36N2O2. The van der Waals surface area contributed by atoms with Gasteiger partial charge in [0.15, 0.2) is 0 Å². The number of ether oxygens (including phenoxy) is 2. The first kappa shape index (κ1) is 19.8. The molecule has 4 nitrogen and oxygen atoms in total. The first-order chi connectivity index (χ1) is 9.38. The average Bonchev–Trinajstić information content (AvgIpc) is 2.40. The largest absolute Gasteiger partial charge is 0.383 e. The van der Waals surface area contributed by atoms with Gasteiger partial charge in [-0.3, -0.25) is 4.90 Å². The van der Waals surface area contributed by atoms with Crippen LogP contribution in [0.25, 0.3) is 0 Å². The van der Waals surface area contributed by atoms with Gasteiger partial charge in [-0.25, -0.2) is 0 Å². The zero-order chi connectivity index (χ0) is 15.6. The lowest BCUT2D eigenvalue weighted by Crippen LogP contribution is -2.50. The standard InChI is InChI=1S/C16H36N2O2/c1-8-9-17-15(3)16(4,5)13-18(10-11-19-6)14(2)12-20-7/h14-15,17H,8-13H2,1-7H3. The van der Waals surface area contributed by atoms with Crippen molar-refractivity contribution in [3.05, 3.63) is 0 Å². The molecule has 20 heavy (non-hydrogen) atoms. The summed E-state index contributed by atoms with van der Waals surface area (Å²) >= 11 is 0. The van der Waals surface area contributed by atoms with Crippen LogP contribution in [-0.4, -0.2) is 64.1 Å². The average molecular weight is 288 g/mol. The third kappa shape index (κ3) is 7.58. The topological polar surface area (TPSA) is 33.7 Å². The number of rotatable bonds is 12. The second-order valence-corrected chi connectivity index (χ2v) is 6.43. The van der Waals surface area contributed by atoms with Gasteiger partial charge in [0.25, 0.3) is 0 Å². The summed E-state index contributed by atoms with van der Waals surface area (Å²) in [5.41, 5.74) is 0.213. The molecule has 122 valence electrons. The summed E-state index contributed by atoms with van der Waals surface area (Å²) in [5, 5.41) is 3.62. The minimum atomic E-state index is 0.213. The Morgan fingerprint density at radius 3 is 2.30 bits per heavy atom. The van der Waals surface area contributed by atoms with Crippen molar-refractivity contribution in [2.45, 2.75) is 53.1 Å². The quantitative estimate of drug-likeness (QED) is 0.598. The molecule has 0 aliphatic carbocycles. The van der Waals surface area contributed by atoms with Gasteiger partial charge in [-0.05, 0) is 32.2 Å². The Hall–Kier alpha value is -0.160. The highest BCUT2D eigenvalue weighted by molar-refractivity contribution is 4.85. The smallest absolute Gasteiger partial charge is 0.0615 e. The van der Waals surface area contributed by atoms with Crippen molar-refractivity contribution in [2.75, 3.05) is 47.1 Å². The van der Waals surface area contributed by atoms with Crippen LogP contribution in [0.4, 0.5) is 0 Å². The molecule has 0 fully saturated rings. The maximum Gasteiger partial charge on any atom is 0.0615 e. The zero-order valence-electron chi connectivity index (χ0n) is 14.7. The Balaban J connectivity index is 4.57. The van der Waals surface area contributed by atoms with E-state index in [1.807, 2.05) is 0 Å². The Bertz CT molecular complexity index is 235. The Labute approximate surface area is 126 Å². The summed E-state index contributed by atoms with van der Waals surface area (Å²) in [6, 6.07) is 0.898. The fourth-order valence-corrected chi connectivity index (χ4v) is 2.31. The van der Waals surface area contributed by atoms with E-state index >= 15 is 0 Å². The van der Waals surface area contributed by atoms with Crippen molar-refractivity contribution < 1.29 is 9.47 Å². The Morgan fingerprint density at radius 1 is 1.15 bits per heavy atom. The molecule has 0 spiro atoms. The van der Waals surface area contributed by atoms with E-state index in [0.717, 1.165) is 32.8 Å². The predicted octanol–water partition coefficient (Wildman–Crippen LogP) is 2.38. The molecule has 0 radical (unpaired) electrons. The van der Waals surface area contributed by atoms with Gasteiger partial charge in [0.05, 0.1) is 13.2 Å². The monoisotopic (exact) mass is 288 g/mol. The van der Waals surface area contributed by atoms with E-state index in [-0.39, 0.29) is 5.41 Å². The van der Waals surface area contributed by atoms with E-state index in [0.29, 0.717) is 12.1 Å². The fraction of sp³-hybridized carbons (Fsp3) is 1.00. The first-order valence-electron chi connectivity index (χ1n) is 7.84. The number of nitrogens with zero attached hydrogens (tertiary/aromatic N) is 1. The summed E-state index contributed by atoms with van der Waals surface area (Å²) in [7, 11) is 3.53. The second kappa shape index (κ2) is 10.6. The number of nitrogens with one attached hydrogen (secondary N) is 1. The van der Waals surface area contributed by atoms with E-state index < -0.39 is 0 Å². The molecule has 0 saturated heterocycles. The number of hydrogen-bond acceptors (Lipinski definition) is 4. The molecule has 1 N–H and O–H groups in total. The van der Waals surface area contributed by atoms with Gasteiger partial charge >= 0.3 is 0 Å². The lowest BCUT2D eigenvalue weighted by atomic mass is 9.84. The molecule has 0 bridgehead atoms. The predicted molar refractivity (Wildman–Crippen MR) is 86.3 cm³/mol. The Morgan fingerprint density at radius 2 is 1.80 bits per heavy atom. The molecule has 0 aliphatic heterocycles. The van der Waals surface area contributed by atoms with Crippen LogP contribution in [0, 0.1) is 5.41 Å². The van der Waals surface area contributed by atoms with E-state index in [9.17, 15) is 0 Å². The van der Waals surface area contributed by atoms with Crippen LogP contribution >= 0.6 is 0 Å². The molecule has 0 aromatic heterocycles. The molecule has 0 saturated carbocycles. The van der Waals surface area contributed by atoms with Gasteiger partial charge in [-0.2, -0.15) is 0 Å². The minimum Gasteiger partial charge on any atom is -0.383 e. The zero-order valence-corrected chi connectivity index (χ0v) is 14.7. The molecular weight excluding hydrogens is 252 g/mol. The summed E-state index contributed by atoms with van der Waals surface area (Å²) in [6.45, 7) is 16.0. The van der Waals surface area contributed by atoms with Crippen LogP contribution in [-0.2, 0) is 9.47 Å². The van der Waals surface area contributed by atoms with Crippen molar-refractivity contribution in [2.24, 2.45) is 5.41 Å². The maximum atomic E-state index is 5.31. The van der Waals surface area contributed by atoms with Gasteiger partial charge in [0.1, 0.15) is 0 Å². The van der Waals surface area contributed by atoms with Crippen LogP contribution in [0.15, 0.2) is 0 Å². The molecule has 0 rings (SSSR count). The van der Waals surface area contributed by atoms with Gasteiger partial charge in [0.2, 0.25) is 0 Å². The van der Waals surface area contributed by atoms with Crippen molar-refractivity contribution >= 4 is 0 Å². The molecule has 4 heteroatoms. The highest BCUT2D eigenvalue weighted by atomic mass is 16.5. The normalized spacial score (nSPS) is 15.6. The minimum absolute atomic E-state index is 0.213. The van der Waals surface area contributed by atoms with Crippen LogP contribution in [0.1, 0.15) is 41.0 Å². The second-order valence-electron chi connectivity index (χ2n) is 6.43. The van der Waals surface area contributed by atoms with Gasteiger partial charge in [0, 0.05) is 39.4 Å². The summed E-state index contributed by atoms with van der Waals surface area (Å²) in [4.78, 5) is 2.47. The highest BCUT2D eigenvalue weighted by Gasteiger charge is 2.29. The van der Waals surface area contributed by atoms with Gasteiger partial charge in [-0.15, -0.1) is 0 Å². The van der Waals surface area contributed by atoms with Gasteiger partial charge < -0.3 is 14.8 Å². The molecule has 0 heterocycles. The molecule has 0 aliphatic rings. The van der Waals surface area contributed by atoms with E-state index in [1.54, 1.807) is 14.2 Å². The van der Waals surface area contributed by atoms with Crippen LogP contribution < -0.4 is 5.32 Å². The van der Waals surface area contributed by atoms with E-state index in [1.165, 1.54) is 6.42 Å². The molecule has 0 amide bonds. The van der Waals surface area contributed by atoms with Crippen LogP contribution in [0.5, 0.6) is 0 Å². The number of hydrogen-bond donors (Lipinski definition) is 1. The lowest BCUT2D eigenvalue weighted by molar-refractivity contribution is 0.0429. The van der Waals surface area contributed by atoms with Crippen molar-refractivity contribution in [3.63, 3.8) is 0 Å². The molecule has 0 aromatic rings. The lowest BCUT2D eigenvalue weighted by Gasteiger charge is -2.40. The summed E-state index contributed by atoms with van der Waals surface area (Å²) < 4.78 is 10.5. The molecule has 2 unspecified atom stereocenters. The summed E-state index contributed by atoms with van der Waals surface area (Å²) in [6.07, 6.45) is 1.17. The van der Waals surface area contributed by atoms with Crippen molar-refractivity contribution in [3.8, 4) is 0 Å². The fourth-order valence-electron chi connectivity index (χ4n) is 2.31. The molecule has 0 aromatic carbocycles. The maximum absolute atomic E-state index is 5.31. The molecule has 2 atom stereocenters. The van der Waals surface area contributed by atoms with Crippen molar-refractivity contribution in [1.82, 2.24) is 10.2 Å².